The molecule has 1 unspecified atom stereocenters. The second-order valence-corrected chi connectivity index (χ2v) is 4.27. The van der Waals surface area contributed by atoms with Crippen molar-refractivity contribution in [3.63, 3.8) is 0 Å². The second-order valence-electron chi connectivity index (χ2n) is 3.88. The maximum absolute atomic E-state index is 5.94. The van der Waals surface area contributed by atoms with Gasteiger partial charge in [-0.15, -0.1) is 0 Å². The monoisotopic (exact) mass is 213 g/mol. The molecule has 1 N–H and O–H groups in total. The van der Waals surface area contributed by atoms with Crippen LogP contribution in [0.3, 0.4) is 0 Å². The molecule has 2 heterocycles. The highest BCUT2D eigenvalue weighted by atomic mass is 35.5. The lowest BCUT2D eigenvalue weighted by atomic mass is 9.96. The van der Waals surface area contributed by atoms with Gasteiger partial charge in [0.1, 0.15) is 5.15 Å². The van der Waals surface area contributed by atoms with Crippen molar-refractivity contribution in [2.45, 2.75) is 25.8 Å². The maximum atomic E-state index is 5.94. The van der Waals surface area contributed by atoms with Crippen molar-refractivity contribution in [2.75, 3.05) is 13.1 Å². The van der Waals surface area contributed by atoms with Gasteiger partial charge in [-0.1, -0.05) is 11.6 Å². The zero-order chi connectivity index (χ0) is 9.80. The van der Waals surface area contributed by atoms with Crippen LogP contribution in [0.2, 0.25) is 5.15 Å². The van der Waals surface area contributed by atoms with Crippen LogP contribution in [0.4, 0.5) is 0 Å². The van der Waals surface area contributed by atoms with Crippen LogP contribution < -0.4 is 5.32 Å². The number of nitrogens with one attached hydrogen (secondary N) is 1. The number of aromatic nitrogens is 2. The van der Waals surface area contributed by atoms with Gasteiger partial charge in [0.25, 0.3) is 0 Å². The summed E-state index contributed by atoms with van der Waals surface area (Å²) < 4.78 is 1.87. The van der Waals surface area contributed by atoms with Crippen molar-refractivity contribution < 1.29 is 0 Å². The van der Waals surface area contributed by atoms with Crippen LogP contribution in [0.5, 0.6) is 0 Å². The Balaban J connectivity index is 1.79. The summed E-state index contributed by atoms with van der Waals surface area (Å²) in [5, 5.41) is 8.33. The fourth-order valence-corrected chi connectivity index (χ4v) is 2.14. The van der Waals surface area contributed by atoms with E-state index in [1.807, 2.05) is 10.7 Å². The quantitative estimate of drug-likeness (QED) is 0.832. The van der Waals surface area contributed by atoms with E-state index in [0.717, 1.165) is 24.2 Å². The molecular formula is C10H16ClN3. The summed E-state index contributed by atoms with van der Waals surface area (Å²) in [6.07, 6.45) is 5.57. The number of rotatable bonds is 3. The Labute approximate surface area is 89.4 Å². The summed E-state index contributed by atoms with van der Waals surface area (Å²) in [6.45, 7) is 3.27. The third kappa shape index (κ3) is 2.49. The van der Waals surface area contributed by atoms with Gasteiger partial charge in [0, 0.05) is 6.54 Å². The van der Waals surface area contributed by atoms with Crippen LogP contribution in [-0.4, -0.2) is 22.9 Å². The first-order valence-electron chi connectivity index (χ1n) is 5.24. The lowest BCUT2D eigenvalue weighted by Gasteiger charge is -2.22. The standard InChI is InChI=1S/C10H16ClN3/c11-10-3-6-13-14(10)7-4-9-2-1-5-12-8-9/h3,6,9,12H,1-2,4-5,7-8H2. The molecule has 14 heavy (non-hydrogen) atoms. The second kappa shape index (κ2) is 4.80. The molecule has 1 aromatic heterocycles. The molecule has 0 aliphatic carbocycles. The van der Waals surface area contributed by atoms with Gasteiger partial charge in [-0.3, -0.25) is 4.68 Å². The minimum absolute atomic E-state index is 0.744. The van der Waals surface area contributed by atoms with Crippen LogP contribution in [0.1, 0.15) is 19.3 Å². The highest BCUT2D eigenvalue weighted by molar-refractivity contribution is 6.29. The normalized spacial score (nSPS) is 22.5. The van der Waals surface area contributed by atoms with Crippen LogP contribution in [-0.2, 0) is 6.54 Å². The van der Waals surface area contributed by atoms with E-state index in [1.54, 1.807) is 6.20 Å². The maximum Gasteiger partial charge on any atom is 0.127 e. The summed E-state index contributed by atoms with van der Waals surface area (Å²) in [4.78, 5) is 0. The Bertz CT molecular complexity index is 279. The molecule has 1 atom stereocenters. The molecule has 0 aromatic carbocycles. The van der Waals surface area contributed by atoms with Crippen molar-refractivity contribution in [1.29, 1.82) is 0 Å². The molecule has 0 radical (unpaired) electrons. The van der Waals surface area contributed by atoms with Crippen LogP contribution >= 0.6 is 11.6 Å². The van der Waals surface area contributed by atoms with E-state index in [0.29, 0.717) is 0 Å². The minimum Gasteiger partial charge on any atom is -0.316 e. The molecule has 0 saturated carbocycles. The van der Waals surface area contributed by atoms with Crippen molar-refractivity contribution in [2.24, 2.45) is 5.92 Å². The predicted molar refractivity (Wildman–Crippen MR) is 57.4 cm³/mol. The Hall–Kier alpha value is -0.540. The van der Waals surface area contributed by atoms with Gasteiger partial charge in [0.15, 0.2) is 0 Å². The third-order valence-electron chi connectivity index (χ3n) is 2.81. The molecule has 0 bridgehead atoms. The average Bonchev–Trinajstić information content (AvgIpc) is 2.63. The lowest BCUT2D eigenvalue weighted by Crippen LogP contribution is -2.30. The topological polar surface area (TPSA) is 29.9 Å². The molecule has 1 aliphatic heterocycles. The predicted octanol–water partition coefficient (Wildman–Crippen LogP) is 1.93. The van der Waals surface area contributed by atoms with Crippen molar-refractivity contribution >= 4 is 11.6 Å². The Morgan fingerprint density at radius 1 is 1.64 bits per heavy atom. The largest absolute Gasteiger partial charge is 0.316 e. The molecule has 78 valence electrons. The molecule has 4 heteroatoms. The van der Waals surface area contributed by atoms with Gasteiger partial charge >= 0.3 is 0 Å². The van der Waals surface area contributed by atoms with E-state index in [9.17, 15) is 0 Å². The first-order chi connectivity index (χ1) is 6.86. The molecule has 0 spiro atoms. The van der Waals surface area contributed by atoms with E-state index in [2.05, 4.69) is 10.4 Å². The van der Waals surface area contributed by atoms with Crippen molar-refractivity contribution in [3.05, 3.63) is 17.4 Å². The van der Waals surface area contributed by atoms with E-state index in [1.165, 1.54) is 25.8 Å². The molecule has 1 fully saturated rings. The molecule has 2 rings (SSSR count). The lowest BCUT2D eigenvalue weighted by molar-refractivity contribution is 0.336. The fraction of sp³-hybridized carbons (Fsp3) is 0.700. The van der Waals surface area contributed by atoms with Crippen LogP contribution in [0.15, 0.2) is 12.3 Å². The first kappa shape index (κ1) is 9.99. The van der Waals surface area contributed by atoms with Gasteiger partial charge in [-0.05, 0) is 44.3 Å². The van der Waals surface area contributed by atoms with Gasteiger partial charge in [-0.2, -0.15) is 5.10 Å². The number of aryl methyl sites for hydroxylation is 1. The molecule has 0 amide bonds. The van der Waals surface area contributed by atoms with E-state index in [4.69, 9.17) is 11.6 Å². The van der Waals surface area contributed by atoms with E-state index in [-0.39, 0.29) is 0 Å². The number of hydrogen-bond donors (Lipinski definition) is 1. The number of hydrogen-bond acceptors (Lipinski definition) is 2. The van der Waals surface area contributed by atoms with Crippen LogP contribution in [0, 0.1) is 5.92 Å². The zero-order valence-electron chi connectivity index (χ0n) is 8.25. The fourth-order valence-electron chi connectivity index (χ4n) is 1.96. The molecule has 1 aliphatic rings. The Kier molecular flexibility index (Phi) is 3.43. The molecule has 1 aromatic rings. The average molecular weight is 214 g/mol. The zero-order valence-corrected chi connectivity index (χ0v) is 9.00. The molecular weight excluding hydrogens is 198 g/mol. The number of nitrogens with zero attached hydrogens (tertiary/aromatic N) is 2. The molecule has 1 saturated heterocycles. The Morgan fingerprint density at radius 2 is 2.57 bits per heavy atom. The highest BCUT2D eigenvalue weighted by Crippen LogP contribution is 2.16. The first-order valence-corrected chi connectivity index (χ1v) is 5.62. The van der Waals surface area contributed by atoms with Crippen molar-refractivity contribution in [3.8, 4) is 0 Å². The minimum atomic E-state index is 0.744. The van der Waals surface area contributed by atoms with Gasteiger partial charge in [0.2, 0.25) is 0 Å². The summed E-state index contributed by atoms with van der Waals surface area (Å²) in [7, 11) is 0. The third-order valence-corrected chi connectivity index (χ3v) is 3.13. The van der Waals surface area contributed by atoms with Gasteiger partial charge < -0.3 is 5.32 Å². The van der Waals surface area contributed by atoms with E-state index < -0.39 is 0 Å². The Morgan fingerprint density at radius 3 is 3.21 bits per heavy atom. The smallest absolute Gasteiger partial charge is 0.127 e. The van der Waals surface area contributed by atoms with Crippen LogP contribution in [0.25, 0.3) is 0 Å². The summed E-state index contributed by atoms with van der Waals surface area (Å²) >= 11 is 5.94. The summed E-state index contributed by atoms with van der Waals surface area (Å²) in [5.74, 6) is 0.795. The SMILES string of the molecule is Clc1ccnn1CCC1CCCNC1. The van der Waals surface area contributed by atoms with Crippen molar-refractivity contribution in [1.82, 2.24) is 15.1 Å². The summed E-state index contributed by atoms with van der Waals surface area (Å²) in [5.41, 5.74) is 0. The number of piperidine rings is 1. The van der Waals surface area contributed by atoms with E-state index >= 15 is 0 Å². The molecule has 3 nitrogen and oxygen atoms in total. The van der Waals surface area contributed by atoms with Gasteiger partial charge in [-0.25, -0.2) is 0 Å². The number of halogens is 1. The van der Waals surface area contributed by atoms with Gasteiger partial charge in [0.05, 0.1) is 6.20 Å². The highest BCUT2D eigenvalue weighted by Gasteiger charge is 2.13. The summed E-state index contributed by atoms with van der Waals surface area (Å²) in [6, 6.07) is 1.83.